The molecular formula is C22H19F3N4O. The summed E-state index contributed by atoms with van der Waals surface area (Å²) in [6.45, 7) is 0.467. The van der Waals surface area contributed by atoms with E-state index in [1.807, 2.05) is 36.5 Å². The van der Waals surface area contributed by atoms with Crippen molar-refractivity contribution >= 4 is 6.03 Å². The van der Waals surface area contributed by atoms with Gasteiger partial charge in [0.2, 0.25) is 0 Å². The third-order valence-electron chi connectivity index (χ3n) is 4.16. The van der Waals surface area contributed by atoms with Crippen molar-refractivity contribution in [2.45, 2.75) is 12.6 Å². The smallest absolute Gasteiger partial charge is 0.338 e. The van der Waals surface area contributed by atoms with E-state index in [9.17, 15) is 18.0 Å². The normalized spacial score (nSPS) is 10.8. The number of aromatic nitrogens is 2. The summed E-state index contributed by atoms with van der Waals surface area (Å²) in [5.74, 6) is 5.25. The minimum atomic E-state index is -4.41. The lowest BCUT2D eigenvalue weighted by Crippen LogP contribution is -2.36. The van der Waals surface area contributed by atoms with Gasteiger partial charge < -0.3 is 10.6 Å². The molecule has 0 fully saturated rings. The Morgan fingerprint density at radius 3 is 2.57 bits per heavy atom. The van der Waals surface area contributed by atoms with Crippen molar-refractivity contribution in [3.63, 3.8) is 0 Å². The van der Waals surface area contributed by atoms with E-state index in [4.69, 9.17) is 0 Å². The van der Waals surface area contributed by atoms with Gasteiger partial charge in [0.25, 0.3) is 0 Å². The summed E-state index contributed by atoms with van der Waals surface area (Å²) in [6.07, 6.45) is -0.185. The van der Waals surface area contributed by atoms with Crippen LogP contribution >= 0.6 is 0 Å². The quantitative estimate of drug-likeness (QED) is 0.627. The molecule has 8 heteroatoms. The number of alkyl halides is 3. The predicted molar refractivity (Wildman–Crippen MR) is 107 cm³/mol. The molecule has 0 saturated carbocycles. The van der Waals surface area contributed by atoms with Gasteiger partial charge >= 0.3 is 12.2 Å². The highest BCUT2D eigenvalue weighted by atomic mass is 19.4. The van der Waals surface area contributed by atoms with Crippen molar-refractivity contribution in [1.29, 1.82) is 0 Å². The molecule has 5 nitrogen and oxygen atoms in total. The van der Waals surface area contributed by atoms with E-state index in [-0.39, 0.29) is 18.1 Å². The van der Waals surface area contributed by atoms with E-state index in [1.54, 1.807) is 10.9 Å². The number of benzene rings is 2. The van der Waals surface area contributed by atoms with Gasteiger partial charge in [-0.15, -0.1) is 0 Å². The van der Waals surface area contributed by atoms with Gasteiger partial charge in [-0.05, 0) is 48.4 Å². The maximum atomic E-state index is 12.7. The molecular weight excluding hydrogens is 393 g/mol. The molecule has 0 atom stereocenters. The Hall–Kier alpha value is -3.73. The number of urea groups is 1. The van der Waals surface area contributed by atoms with Crippen molar-refractivity contribution in [1.82, 2.24) is 20.4 Å². The molecule has 2 N–H and O–H groups in total. The predicted octanol–water partition coefficient (Wildman–Crippen LogP) is 3.78. The molecule has 2 amide bonds. The molecule has 0 bridgehead atoms. The maximum absolute atomic E-state index is 12.7. The lowest BCUT2D eigenvalue weighted by Gasteiger charge is -2.07. The van der Waals surface area contributed by atoms with Gasteiger partial charge in [-0.3, -0.25) is 0 Å². The van der Waals surface area contributed by atoms with E-state index in [1.165, 1.54) is 12.1 Å². The summed E-state index contributed by atoms with van der Waals surface area (Å²) in [5.41, 5.74) is 1.51. The van der Waals surface area contributed by atoms with Crippen molar-refractivity contribution in [2.75, 3.05) is 13.1 Å². The van der Waals surface area contributed by atoms with Crippen molar-refractivity contribution in [2.24, 2.45) is 0 Å². The standard InChI is InChI=1S/C22H19F3N4O/c23-22(24,25)19-6-1-4-18(16-19)5-2-12-26-21(30)27-14-11-17-7-9-20(10-8-17)29-15-3-13-28-29/h1,3-4,6-10,13,15-16H,11-12,14H2,(H2,26,27,30). The molecule has 1 heterocycles. The zero-order valence-electron chi connectivity index (χ0n) is 15.9. The highest BCUT2D eigenvalue weighted by Crippen LogP contribution is 2.29. The third kappa shape index (κ3) is 6.14. The van der Waals surface area contributed by atoms with E-state index in [0.717, 1.165) is 23.4 Å². The van der Waals surface area contributed by atoms with Crippen LogP contribution in [0.3, 0.4) is 0 Å². The van der Waals surface area contributed by atoms with Crippen molar-refractivity contribution in [3.05, 3.63) is 83.7 Å². The van der Waals surface area contributed by atoms with Gasteiger partial charge in [0.1, 0.15) is 0 Å². The van der Waals surface area contributed by atoms with Crippen LogP contribution in [-0.4, -0.2) is 28.9 Å². The zero-order valence-corrected chi connectivity index (χ0v) is 15.9. The van der Waals surface area contributed by atoms with Crippen LogP contribution in [0.4, 0.5) is 18.0 Å². The van der Waals surface area contributed by atoms with Crippen molar-refractivity contribution in [3.8, 4) is 17.5 Å². The Morgan fingerprint density at radius 2 is 1.87 bits per heavy atom. The lowest BCUT2D eigenvalue weighted by atomic mass is 10.1. The molecule has 0 radical (unpaired) electrons. The third-order valence-corrected chi connectivity index (χ3v) is 4.16. The Balaban J connectivity index is 1.39. The second kappa shape index (κ2) is 9.65. The van der Waals surface area contributed by atoms with E-state index in [0.29, 0.717) is 13.0 Å². The van der Waals surface area contributed by atoms with Crippen molar-refractivity contribution < 1.29 is 18.0 Å². The number of carbonyl (C=O) groups is 1. The van der Waals surface area contributed by atoms with Gasteiger partial charge in [0.05, 0.1) is 17.8 Å². The van der Waals surface area contributed by atoms with Crippen LogP contribution in [0.5, 0.6) is 0 Å². The number of halogens is 3. The Bertz CT molecular complexity index is 1030. The van der Waals surface area contributed by atoms with Crippen LogP contribution < -0.4 is 10.6 Å². The summed E-state index contributed by atoms with van der Waals surface area (Å²) in [4.78, 5) is 11.8. The summed E-state index contributed by atoms with van der Waals surface area (Å²) < 4.78 is 39.8. The average Bonchev–Trinajstić information content (AvgIpc) is 3.26. The number of nitrogens with zero attached hydrogens (tertiary/aromatic N) is 2. The number of carbonyl (C=O) groups excluding carboxylic acids is 1. The maximum Gasteiger partial charge on any atom is 0.416 e. The minimum absolute atomic E-state index is 0.0284. The number of amides is 2. The summed E-state index contributed by atoms with van der Waals surface area (Å²) >= 11 is 0. The molecule has 1 aromatic heterocycles. The first-order valence-corrected chi connectivity index (χ1v) is 9.18. The first kappa shape index (κ1) is 21.0. The zero-order chi connectivity index (χ0) is 21.4. The molecule has 0 unspecified atom stereocenters. The monoisotopic (exact) mass is 412 g/mol. The lowest BCUT2D eigenvalue weighted by molar-refractivity contribution is -0.137. The summed E-state index contributed by atoms with van der Waals surface area (Å²) in [6, 6.07) is 14.1. The van der Waals surface area contributed by atoms with E-state index < -0.39 is 11.7 Å². The largest absolute Gasteiger partial charge is 0.416 e. The first-order valence-electron chi connectivity index (χ1n) is 9.18. The van der Waals surface area contributed by atoms with E-state index >= 15 is 0 Å². The van der Waals surface area contributed by atoms with Crippen LogP contribution in [0.25, 0.3) is 5.69 Å². The second-order valence-electron chi connectivity index (χ2n) is 6.36. The molecule has 0 aliphatic carbocycles. The highest BCUT2D eigenvalue weighted by molar-refractivity contribution is 5.74. The number of nitrogens with one attached hydrogen (secondary N) is 2. The molecule has 0 aliphatic rings. The van der Waals surface area contributed by atoms with Crippen LogP contribution in [-0.2, 0) is 12.6 Å². The molecule has 0 aliphatic heterocycles. The van der Waals surface area contributed by atoms with Gasteiger partial charge in [0.15, 0.2) is 0 Å². The number of hydrogen-bond donors (Lipinski definition) is 2. The van der Waals surface area contributed by atoms with Crippen LogP contribution in [0, 0.1) is 11.8 Å². The summed E-state index contributed by atoms with van der Waals surface area (Å²) in [7, 11) is 0. The Labute approximate surface area is 171 Å². The Morgan fingerprint density at radius 1 is 1.07 bits per heavy atom. The topological polar surface area (TPSA) is 59.0 Å². The second-order valence-corrected chi connectivity index (χ2v) is 6.36. The fraction of sp³-hybridized carbons (Fsp3) is 0.182. The molecule has 3 rings (SSSR count). The molecule has 2 aromatic carbocycles. The molecule has 0 spiro atoms. The van der Waals surface area contributed by atoms with Gasteiger partial charge in [0, 0.05) is 24.5 Å². The molecule has 0 saturated heterocycles. The Kier molecular flexibility index (Phi) is 6.75. The first-order chi connectivity index (χ1) is 14.4. The number of rotatable bonds is 5. The fourth-order valence-electron chi connectivity index (χ4n) is 2.66. The van der Waals surface area contributed by atoms with E-state index in [2.05, 4.69) is 27.6 Å². The minimum Gasteiger partial charge on any atom is -0.338 e. The van der Waals surface area contributed by atoms with Crippen LogP contribution in [0.2, 0.25) is 0 Å². The van der Waals surface area contributed by atoms with Crippen LogP contribution in [0.15, 0.2) is 67.0 Å². The molecule has 3 aromatic rings. The van der Waals surface area contributed by atoms with Gasteiger partial charge in [-0.25, -0.2) is 9.48 Å². The average molecular weight is 412 g/mol. The number of hydrogen-bond acceptors (Lipinski definition) is 2. The van der Waals surface area contributed by atoms with Gasteiger partial charge in [-0.2, -0.15) is 18.3 Å². The van der Waals surface area contributed by atoms with Gasteiger partial charge in [-0.1, -0.05) is 30.0 Å². The highest BCUT2D eigenvalue weighted by Gasteiger charge is 2.30. The molecule has 154 valence electrons. The SMILES string of the molecule is O=C(NCC#Cc1cccc(C(F)(F)F)c1)NCCc1ccc(-n2cccn2)cc1. The molecule has 30 heavy (non-hydrogen) atoms. The summed E-state index contributed by atoms with van der Waals surface area (Å²) in [5, 5.41) is 9.43. The fourth-order valence-corrected chi connectivity index (χ4v) is 2.66. The van der Waals surface area contributed by atoms with Crippen LogP contribution in [0.1, 0.15) is 16.7 Å².